The molecule has 2 aromatic carbocycles. The number of nitrogens with one attached hydrogen (secondary N) is 2. The minimum atomic E-state index is -3.92. The number of anilines is 2. The van der Waals surface area contributed by atoms with Crippen LogP contribution in [0, 0.1) is 5.92 Å². The summed E-state index contributed by atoms with van der Waals surface area (Å²) in [5.74, 6) is -0.655. The van der Waals surface area contributed by atoms with Crippen molar-refractivity contribution in [2.45, 2.75) is 21.9 Å². The summed E-state index contributed by atoms with van der Waals surface area (Å²) in [6, 6.07) is 15.7. The zero-order chi connectivity index (χ0) is 24.3. The van der Waals surface area contributed by atoms with E-state index in [-0.39, 0.29) is 40.5 Å². The molecule has 1 aliphatic heterocycles. The Morgan fingerprint density at radius 3 is 2.38 bits per heavy atom. The van der Waals surface area contributed by atoms with Gasteiger partial charge in [0, 0.05) is 24.7 Å². The third-order valence-corrected chi connectivity index (χ3v) is 10.4. The van der Waals surface area contributed by atoms with Crippen LogP contribution in [0.15, 0.2) is 75.1 Å². The molecular weight excluding hydrogens is 518 g/mol. The monoisotopic (exact) mass is 539 g/mol. The summed E-state index contributed by atoms with van der Waals surface area (Å²) in [7, 11) is -7.46. The largest absolute Gasteiger partial charge is 0.326 e. The number of hydrogen-bond donors (Lipinski definition) is 2. The van der Waals surface area contributed by atoms with Gasteiger partial charge >= 0.3 is 0 Å². The molecule has 12 heteroatoms. The van der Waals surface area contributed by atoms with Crippen LogP contribution in [0.4, 0.5) is 11.4 Å². The summed E-state index contributed by atoms with van der Waals surface area (Å²) in [6.45, 7) is 0.489. The number of halogens is 1. The summed E-state index contributed by atoms with van der Waals surface area (Å²) in [6.07, 6.45) is 0.755. The molecule has 1 aliphatic rings. The van der Waals surface area contributed by atoms with Gasteiger partial charge in [-0.2, -0.15) is 4.31 Å². The van der Waals surface area contributed by atoms with Gasteiger partial charge in [0.15, 0.2) is 0 Å². The van der Waals surface area contributed by atoms with Gasteiger partial charge < -0.3 is 5.32 Å². The highest BCUT2D eigenvalue weighted by Gasteiger charge is 2.32. The van der Waals surface area contributed by atoms with E-state index in [0.717, 1.165) is 0 Å². The molecule has 0 unspecified atom stereocenters. The van der Waals surface area contributed by atoms with Crippen molar-refractivity contribution in [3.63, 3.8) is 0 Å². The number of benzene rings is 2. The summed E-state index contributed by atoms with van der Waals surface area (Å²) < 4.78 is 55.0. The number of carbonyl (C=O) groups excluding carboxylic acids is 1. The van der Waals surface area contributed by atoms with Crippen LogP contribution in [0.3, 0.4) is 0 Å². The summed E-state index contributed by atoms with van der Waals surface area (Å²) >= 11 is 7.21. The van der Waals surface area contributed by atoms with Crippen LogP contribution in [0.1, 0.15) is 12.8 Å². The van der Waals surface area contributed by atoms with E-state index in [9.17, 15) is 21.6 Å². The lowest BCUT2D eigenvalue weighted by atomic mass is 9.97. The van der Waals surface area contributed by atoms with Crippen molar-refractivity contribution in [3.8, 4) is 0 Å². The lowest BCUT2D eigenvalue weighted by Crippen LogP contribution is -2.41. The van der Waals surface area contributed by atoms with E-state index in [4.69, 9.17) is 11.6 Å². The van der Waals surface area contributed by atoms with Crippen LogP contribution < -0.4 is 10.0 Å². The molecule has 0 saturated carbocycles. The van der Waals surface area contributed by atoms with E-state index in [1.165, 1.54) is 33.8 Å². The quantitative estimate of drug-likeness (QED) is 0.466. The standard InChI is InChI=1S/C22H22ClN3O5S3/c23-19-7-1-2-8-20(19)25-33(28,29)18-6-3-5-17(15-18)24-22(27)16-10-12-26(13-11-16)34(30,31)21-9-4-14-32-21/h1-9,14-16,25H,10-13H2,(H,24,27). The van der Waals surface area contributed by atoms with Gasteiger partial charge in [-0.1, -0.05) is 35.9 Å². The van der Waals surface area contributed by atoms with Crippen molar-refractivity contribution in [2.24, 2.45) is 5.92 Å². The second kappa shape index (κ2) is 10.0. The van der Waals surface area contributed by atoms with Gasteiger partial charge in [0.1, 0.15) is 4.21 Å². The number of sulfonamides is 2. The zero-order valence-corrected chi connectivity index (χ0v) is 21.1. The molecule has 34 heavy (non-hydrogen) atoms. The Kier molecular flexibility index (Phi) is 7.29. The predicted octanol–water partition coefficient (Wildman–Crippen LogP) is 4.24. The molecule has 1 fully saturated rings. The minimum Gasteiger partial charge on any atom is -0.326 e. The van der Waals surface area contributed by atoms with E-state index in [1.54, 1.807) is 47.8 Å². The molecule has 0 spiro atoms. The first kappa shape index (κ1) is 24.7. The Hall–Kier alpha value is -2.44. The number of para-hydroxylation sites is 1. The van der Waals surface area contributed by atoms with Crippen LogP contribution in [-0.2, 0) is 24.8 Å². The molecule has 2 N–H and O–H groups in total. The van der Waals surface area contributed by atoms with Gasteiger partial charge in [-0.25, -0.2) is 16.8 Å². The molecule has 0 radical (unpaired) electrons. The molecule has 1 saturated heterocycles. The van der Waals surface area contributed by atoms with Crippen molar-refractivity contribution >= 4 is 60.3 Å². The number of piperidine rings is 1. The first-order valence-corrected chi connectivity index (χ1v) is 14.6. The van der Waals surface area contributed by atoms with Gasteiger partial charge in [-0.3, -0.25) is 9.52 Å². The lowest BCUT2D eigenvalue weighted by Gasteiger charge is -2.30. The Balaban J connectivity index is 1.40. The van der Waals surface area contributed by atoms with Gasteiger partial charge in [0.05, 0.1) is 15.6 Å². The van der Waals surface area contributed by atoms with E-state index in [2.05, 4.69) is 10.0 Å². The second-order valence-electron chi connectivity index (χ2n) is 7.71. The molecule has 0 aliphatic carbocycles. The molecule has 8 nitrogen and oxygen atoms in total. The molecule has 1 aromatic heterocycles. The SMILES string of the molecule is O=C(Nc1cccc(S(=O)(=O)Nc2ccccc2Cl)c1)C1CCN(S(=O)(=O)c2cccs2)CC1. The van der Waals surface area contributed by atoms with E-state index in [0.29, 0.717) is 22.7 Å². The number of nitrogens with zero attached hydrogens (tertiary/aromatic N) is 1. The van der Waals surface area contributed by atoms with Crippen LogP contribution in [0.2, 0.25) is 5.02 Å². The van der Waals surface area contributed by atoms with E-state index in [1.807, 2.05) is 0 Å². The minimum absolute atomic E-state index is 0.0259. The maximum atomic E-state index is 12.8. The Bertz CT molecular complexity index is 1380. The van der Waals surface area contributed by atoms with Gasteiger partial charge in [-0.05, 0) is 54.6 Å². The van der Waals surface area contributed by atoms with Crippen LogP contribution in [0.25, 0.3) is 0 Å². The van der Waals surface area contributed by atoms with Crippen molar-refractivity contribution in [2.75, 3.05) is 23.1 Å². The number of hydrogen-bond acceptors (Lipinski definition) is 6. The fourth-order valence-corrected chi connectivity index (χ4v) is 7.61. The summed E-state index contributed by atoms with van der Waals surface area (Å²) in [4.78, 5) is 12.8. The number of rotatable bonds is 7. The topological polar surface area (TPSA) is 113 Å². The van der Waals surface area contributed by atoms with Crippen molar-refractivity contribution in [1.29, 1.82) is 0 Å². The molecule has 4 rings (SSSR count). The number of amides is 1. The van der Waals surface area contributed by atoms with Crippen LogP contribution >= 0.6 is 22.9 Å². The highest BCUT2D eigenvalue weighted by molar-refractivity contribution is 7.92. The van der Waals surface area contributed by atoms with Gasteiger partial charge in [0.25, 0.3) is 20.0 Å². The molecule has 0 bridgehead atoms. The second-order valence-corrected chi connectivity index (χ2v) is 12.9. The third-order valence-electron chi connectivity index (χ3n) is 5.44. The molecule has 1 amide bonds. The fourth-order valence-electron chi connectivity index (χ4n) is 3.63. The van der Waals surface area contributed by atoms with Crippen molar-refractivity contribution in [3.05, 3.63) is 71.1 Å². The van der Waals surface area contributed by atoms with Crippen molar-refractivity contribution < 1.29 is 21.6 Å². The van der Waals surface area contributed by atoms with Crippen LogP contribution in [-0.4, -0.2) is 40.1 Å². The number of thiophene rings is 1. The number of carbonyl (C=O) groups is 1. The first-order chi connectivity index (χ1) is 16.2. The van der Waals surface area contributed by atoms with E-state index >= 15 is 0 Å². The molecule has 2 heterocycles. The fraction of sp³-hybridized carbons (Fsp3) is 0.227. The molecule has 180 valence electrons. The smallest absolute Gasteiger partial charge is 0.262 e. The summed E-state index contributed by atoms with van der Waals surface area (Å²) in [5.41, 5.74) is 0.587. The molecule has 3 aromatic rings. The maximum Gasteiger partial charge on any atom is 0.262 e. The Morgan fingerprint density at radius 2 is 1.71 bits per heavy atom. The summed E-state index contributed by atoms with van der Waals surface area (Å²) in [5, 5.41) is 4.74. The van der Waals surface area contributed by atoms with Crippen LogP contribution in [0.5, 0.6) is 0 Å². The Labute approximate surface area is 207 Å². The average Bonchev–Trinajstić information content (AvgIpc) is 3.37. The highest BCUT2D eigenvalue weighted by Crippen LogP contribution is 2.28. The third kappa shape index (κ3) is 5.44. The maximum absolute atomic E-state index is 12.8. The zero-order valence-electron chi connectivity index (χ0n) is 17.8. The van der Waals surface area contributed by atoms with Gasteiger partial charge in [0.2, 0.25) is 5.91 Å². The molecule has 0 atom stereocenters. The lowest BCUT2D eigenvalue weighted by molar-refractivity contribution is -0.120. The highest BCUT2D eigenvalue weighted by atomic mass is 35.5. The normalized spacial score (nSPS) is 15.7. The van der Waals surface area contributed by atoms with Gasteiger partial charge in [-0.15, -0.1) is 11.3 Å². The average molecular weight is 540 g/mol. The van der Waals surface area contributed by atoms with E-state index < -0.39 is 20.0 Å². The molecular formula is C22H22ClN3O5S3. The predicted molar refractivity (Wildman–Crippen MR) is 133 cm³/mol. The first-order valence-electron chi connectivity index (χ1n) is 10.4. The Morgan fingerprint density at radius 1 is 0.971 bits per heavy atom. The van der Waals surface area contributed by atoms with Crippen molar-refractivity contribution in [1.82, 2.24) is 4.31 Å².